The van der Waals surface area contributed by atoms with E-state index in [1.54, 1.807) is 13.8 Å². The summed E-state index contributed by atoms with van der Waals surface area (Å²) in [5, 5.41) is 7.02. The quantitative estimate of drug-likeness (QED) is 0.561. The molecule has 4 heteroatoms. The van der Waals surface area contributed by atoms with Gasteiger partial charge >= 0.3 is 0 Å². The van der Waals surface area contributed by atoms with E-state index >= 15 is 0 Å². The molecule has 0 radical (unpaired) electrons. The maximum atomic E-state index is 13.6. The highest BCUT2D eigenvalue weighted by Crippen LogP contribution is 2.32. The minimum Gasteiger partial charge on any atom is -0.398 e. The number of rotatable bonds is 5. The van der Waals surface area contributed by atoms with Gasteiger partial charge in [-0.05, 0) is 43.4 Å². The molecule has 0 aliphatic carbocycles. The lowest BCUT2D eigenvalue weighted by Crippen LogP contribution is -2.19. The van der Waals surface area contributed by atoms with Crippen LogP contribution in [0.15, 0.2) is 35.1 Å². The standard InChI is InChI=1S/C13H20F2N2/c1-8(2)13(14,15)10(4)6-9(3)11(5)12(17)7-16/h6-7,9,16H,1,17H2,2-5H3/b10-6+,12-11+,16-7?. The second-order valence-electron chi connectivity index (χ2n) is 4.28. The smallest absolute Gasteiger partial charge is 0.289 e. The van der Waals surface area contributed by atoms with Gasteiger partial charge in [0.25, 0.3) is 5.92 Å². The molecule has 17 heavy (non-hydrogen) atoms. The van der Waals surface area contributed by atoms with E-state index in [1.807, 2.05) is 0 Å². The van der Waals surface area contributed by atoms with Crippen molar-refractivity contribution in [1.82, 2.24) is 0 Å². The molecule has 0 spiro atoms. The molecule has 3 N–H and O–H groups in total. The molecule has 0 saturated heterocycles. The van der Waals surface area contributed by atoms with Crippen LogP contribution in [0.1, 0.15) is 27.7 Å². The number of hydrogen-bond donors (Lipinski definition) is 2. The fourth-order valence-corrected chi connectivity index (χ4v) is 1.32. The molecule has 0 saturated carbocycles. The Morgan fingerprint density at radius 2 is 1.82 bits per heavy atom. The zero-order valence-electron chi connectivity index (χ0n) is 10.8. The van der Waals surface area contributed by atoms with Crippen LogP contribution in [-0.4, -0.2) is 12.1 Å². The molecule has 0 bridgehead atoms. The van der Waals surface area contributed by atoms with Gasteiger partial charge in [-0.2, -0.15) is 8.78 Å². The molecule has 0 heterocycles. The molecule has 0 aromatic heterocycles. The van der Waals surface area contributed by atoms with Crippen LogP contribution >= 0.6 is 0 Å². The van der Waals surface area contributed by atoms with Crippen molar-refractivity contribution in [2.75, 3.05) is 0 Å². The summed E-state index contributed by atoms with van der Waals surface area (Å²) in [6.07, 6.45) is 2.48. The Labute approximate surface area is 101 Å². The van der Waals surface area contributed by atoms with Crippen LogP contribution in [0.3, 0.4) is 0 Å². The topological polar surface area (TPSA) is 49.9 Å². The van der Waals surface area contributed by atoms with Crippen molar-refractivity contribution in [2.45, 2.75) is 33.6 Å². The monoisotopic (exact) mass is 242 g/mol. The molecule has 0 aliphatic heterocycles. The van der Waals surface area contributed by atoms with Gasteiger partial charge in [-0.3, -0.25) is 0 Å². The predicted octanol–water partition coefficient (Wildman–Crippen LogP) is 3.66. The van der Waals surface area contributed by atoms with E-state index in [2.05, 4.69) is 6.58 Å². The number of halogens is 2. The Morgan fingerprint density at radius 1 is 1.35 bits per heavy atom. The van der Waals surface area contributed by atoms with E-state index in [1.165, 1.54) is 19.9 Å². The summed E-state index contributed by atoms with van der Waals surface area (Å²) < 4.78 is 27.2. The van der Waals surface area contributed by atoms with Crippen molar-refractivity contribution in [1.29, 1.82) is 5.41 Å². The van der Waals surface area contributed by atoms with Crippen LogP contribution in [-0.2, 0) is 0 Å². The van der Waals surface area contributed by atoms with E-state index in [9.17, 15) is 8.78 Å². The molecule has 0 aliphatic rings. The number of nitrogens with one attached hydrogen (secondary N) is 1. The van der Waals surface area contributed by atoms with Gasteiger partial charge in [-0.1, -0.05) is 19.6 Å². The van der Waals surface area contributed by atoms with Crippen molar-refractivity contribution < 1.29 is 8.78 Å². The third-order valence-electron chi connectivity index (χ3n) is 2.83. The van der Waals surface area contributed by atoms with Crippen LogP contribution in [0, 0.1) is 11.3 Å². The van der Waals surface area contributed by atoms with E-state index in [4.69, 9.17) is 11.1 Å². The molecule has 0 fully saturated rings. The molecule has 1 atom stereocenters. The summed E-state index contributed by atoms with van der Waals surface area (Å²) in [6, 6.07) is 0. The van der Waals surface area contributed by atoms with E-state index in [0.29, 0.717) is 11.3 Å². The van der Waals surface area contributed by atoms with Crippen LogP contribution < -0.4 is 5.73 Å². The minimum absolute atomic E-state index is 0.0466. The van der Waals surface area contributed by atoms with Gasteiger partial charge in [0.2, 0.25) is 0 Å². The van der Waals surface area contributed by atoms with Crippen molar-refractivity contribution >= 4 is 6.21 Å². The van der Waals surface area contributed by atoms with Gasteiger partial charge in [0.1, 0.15) is 0 Å². The Kier molecular flexibility index (Phi) is 5.26. The zero-order chi connectivity index (χ0) is 13.8. The SMILES string of the molecule is C=C(C)C(F)(F)/C(C)=C/C(C)/C(C)=C(/N)C=N. The first-order chi connectivity index (χ1) is 7.64. The van der Waals surface area contributed by atoms with Crippen LogP contribution in [0.25, 0.3) is 0 Å². The number of alkyl halides is 2. The van der Waals surface area contributed by atoms with Gasteiger partial charge in [-0.15, -0.1) is 0 Å². The highest BCUT2D eigenvalue weighted by molar-refractivity contribution is 5.75. The van der Waals surface area contributed by atoms with Gasteiger partial charge in [0, 0.05) is 11.9 Å². The van der Waals surface area contributed by atoms with Crippen molar-refractivity contribution in [3.63, 3.8) is 0 Å². The molecule has 0 amide bonds. The third kappa shape index (κ3) is 3.80. The molecule has 1 unspecified atom stereocenters. The third-order valence-corrected chi connectivity index (χ3v) is 2.83. The van der Waals surface area contributed by atoms with Gasteiger partial charge in [0.05, 0.1) is 0 Å². The van der Waals surface area contributed by atoms with Crippen LogP contribution in [0.2, 0.25) is 0 Å². The van der Waals surface area contributed by atoms with Crippen molar-refractivity contribution in [2.24, 2.45) is 11.7 Å². The minimum atomic E-state index is -2.99. The molecule has 0 aromatic rings. The Morgan fingerprint density at radius 3 is 2.18 bits per heavy atom. The highest BCUT2D eigenvalue weighted by atomic mass is 19.3. The number of nitrogens with two attached hydrogens (primary N) is 1. The summed E-state index contributed by atoms with van der Waals surface area (Å²) in [5.41, 5.74) is 6.35. The lowest BCUT2D eigenvalue weighted by Gasteiger charge is -2.19. The average molecular weight is 242 g/mol. The highest BCUT2D eigenvalue weighted by Gasteiger charge is 2.32. The lowest BCUT2D eigenvalue weighted by molar-refractivity contribution is 0.0830. The van der Waals surface area contributed by atoms with Crippen LogP contribution in [0.4, 0.5) is 8.78 Å². The van der Waals surface area contributed by atoms with E-state index in [-0.39, 0.29) is 17.1 Å². The largest absolute Gasteiger partial charge is 0.398 e. The molecule has 2 nitrogen and oxygen atoms in total. The number of allylic oxidation sites excluding steroid dienone is 5. The van der Waals surface area contributed by atoms with Gasteiger partial charge in [-0.25, -0.2) is 0 Å². The lowest BCUT2D eigenvalue weighted by atomic mass is 9.94. The predicted molar refractivity (Wildman–Crippen MR) is 68.4 cm³/mol. The normalized spacial score (nSPS) is 16.2. The fraction of sp³-hybridized carbons (Fsp3) is 0.462. The maximum absolute atomic E-state index is 13.6. The van der Waals surface area contributed by atoms with E-state index < -0.39 is 5.92 Å². The fourth-order valence-electron chi connectivity index (χ4n) is 1.32. The Bertz CT molecular complexity index is 379. The van der Waals surface area contributed by atoms with Gasteiger partial charge in [0.15, 0.2) is 0 Å². The second kappa shape index (κ2) is 5.75. The van der Waals surface area contributed by atoms with Crippen LogP contribution in [0.5, 0.6) is 0 Å². The first-order valence-electron chi connectivity index (χ1n) is 5.34. The second-order valence-corrected chi connectivity index (χ2v) is 4.28. The molecule has 0 aromatic carbocycles. The summed E-state index contributed by atoms with van der Waals surface area (Å²) in [4.78, 5) is 0. The summed E-state index contributed by atoms with van der Waals surface area (Å²) in [7, 11) is 0. The zero-order valence-corrected chi connectivity index (χ0v) is 10.8. The van der Waals surface area contributed by atoms with Gasteiger partial charge < -0.3 is 11.1 Å². The Hall–Kier alpha value is -1.45. The number of hydrogen-bond acceptors (Lipinski definition) is 2. The first-order valence-corrected chi connectivity index (χ1v) is 5.34. The Balaban J connectivity index is 5.19. The average Bonchev–Trinajstić information content (AvgIpc) is 2.26. The summed E-state index contributed by atoms with van der Waals surface area (Å²) >= 11 is 0. The molecule has 96 valence electrons. The first kappa shape index (κ1) is 15.6. The molecular formula is C13H20F2N2. The summed E-state index contributed by atoms with van der Waals surface area (Å²) in [5.74, 6) is -3.23. The summed E-state index contributed by atoms with van der Waals surface area (Å²) in [6.45, 7) is 9.46. The van der Waals surface area contributed by atoms with E-state index in [0.717, 1.165) is 6.21 Å². The maximum Gasteiger partial charge on any atom is 0.289 e. The molecule has 0 rings (SSSR count). The molecular weight excluding hydrogens is 222 g/mol. The van der Waals surface area contributed by atoms with Crippen molar-refractivity contribution in [3.8, 4) is 0 Å². The van der Waals surface area contributed by atoms with Crippen molar-refractivity contribution in [3.05, 3.63) is 35.1 Å².